The predicted molar refractivity (Wildman–Crippen MR) is 104 cm³/mol. The summed E-state index contributed by atoms with van der Waals surface area (Å²) in [6.45, 7) is 1.93. The third-order valence-electron chi connectivity index (χ3n) is 6.14. The number of fused-ring (bicyclic) bond motifs is 1. The highest BCUT2D eigenvalue weighted by molar-refractivity contribution is 6.06. The number of nitro benzene ring substituents is 1. The fourth-order valence-electron chi connectivity index (χ4n) is 4.71. The van der Waals surface area contributed by atoms with E-state index in [4.69, 9.17) is 0 Å². The van der Waals surface area contributed by atoms with Crippen LogP contribution in [0.4, 0.5) is 16.2 Å². The molecule has 1 heterocycles. The van der Waals surface area contributed by atoms with Crippen LogP contribution in [0.3, 0.4) is 0 Å². The first-order chi connectivity index (χ1) is 13.9. The molecular weight excluding hydrogens is 376 g/mol. The number of urea groups is 1. The number of nitro groups is 1. The van der Waals surface area contributed by atoms with Crippen molar-refractivity contribution in [2.75, 3.05) is 18.4 Å². The molecular formula is C20H22N4O5. The lowest BCUT2D eigenvalue weighted by molar-refractivity contribution is -0.384. The monoisotopic (exact) mass is 398 g/mol. The minimum atomic E-state index is -0.500. The normalized spacial score (nSPS) is 27.1. The number of likely N-dealkylation sites (tertiary alicyclic amines) is 1. The van der Waals surface area contributed by atoms with Gasteiger partial charge in [-0.25, -0.2) is 4.79 Å². The zero-order chi connectivity index (χ0) is 20.7. The van der Waals surface area contributed by atoms with Gasteiger partial charge in [0, 0.05) is 30.9 Å². The molecule has 152 valence electrons. The van der Waals surface area contributed by atoms with Gasteiger partial charge in [0.05, 0.1) is 16.8 Å². The Kier molecular flexibility index (Phi) is 4.81. The van der Waals surface area contributed by atoms with Gasteiger partial charge in [0.15, 0.2) is 0 Å². The summed E-state index contributed by atoms with van der Waals surface area (Å²) in [5.41, 5.74) is 0.964. The number of aryl methyl sites for hydroxylation is 1. The summed E-state index contributed by atoms with van der Waals surface area (Å²) in [7, 11) is 0. The Labute approximate surface area is 167 Å². The van der Waals surface area contributed by atoms with E-state index >= 15 is 0 Å². The van der Waals surface area contributed by atoms with Crippen molar-refractivity contribution in [3.63, 3.8) is 0 Å². The van der Waals surface area contributed by atoms with Crippen molar-refractivity contribution >= 4 is 29.2 Å². The second kappa shape index (κ2) is 7.31. The highest BCUT2D eigenvalue weighted by Crippen LogP contribution is 2.49. The lowest BCUT2D eigenvalue weighted by atomic mass is 9.63. The van der Waals surface area contributed by atoms with Crippen LogP contribution in [0, 0.1) is 40.7 Å². The van der Waals surface area contributed by atoms with E-state index in [0.29, 0.717) is 11.3 Å². The van der Waals surface area contributed by atoms with Gasteiger partial charge in [-0.05, 0) is 43.2 Å². The lowest BCUT2D eigenvalue weighted by Gasteiger charge is -2.38. The van der Waals surface area contributed by atoms with Gasteiger partial charge in [0.2, 0.25) is 11.8 Å². The maximum absolute atomic E-state index is 12.7. The number of carbonyl (C=O) groups is 3. The number of rotatable bonds is 5. The zero-order valence-corrected chi connectivity index (χ0v) is 16.0. The highest BCUT2D eigenvalue weighted by atomic mass is 16.6. The maximum atomic E-state index is 12.7. The van der Waals surface area contributed by atoms with Crippen LogP contribution in [0.15, 0.2) is 30.4 Å². The quantitative estimate of drug-likeness (QED) is 0.341. The number of hydrogen-bond donors (Lipinski definition) is 2. The molecule has 4 aliphatic rings. The van der Waals surface area contributed by atoms with Crippen molar-refractivity contribution in [3.8, 4) is 0 Å². The molecule has 2 N–H and O–H groups in total. The molecule has 1 aromatic rings. The van der Waals surface area contributed by atoms with E-state index in [1.165, 1.54) is 23.1 Å². The van der Waals surface area contributed by atoms with E-state index in [-0.39, 0.29) is 54.3 Å². The molecule has 0 unspecified atom stereocenters. The van der Waals surface area contributed by atoms with Gasteiger partial charge in [-0.1, -0.05) is 12.2 Å². The third kappa shape index (κ3) is 3.37. The van der Waals surface area contributed by atoms with E-state index in [0.717, 1.165) is 12.8 Å². The fraction of sp³-hybridized carbons (Fsp3) is 0.450. The summed E-state index contributed by atoms with van der Waals surface area (Å²) in [5.74, 6) is -0.466. The van der Waals surface area contributed by atoms with E-state index in [1.54, 1.807) is 6.92 Å². The molecule has 2 fully saturated rings. The Morgan fingerprint density at radius 2 is 1.79 bits per heavy atom. The average molecular weight is 398 g/mol. The number of nitrogens with one attached hydrogen (secondary N) is 2. The summed E-state index contributed by atoms with van der Waals surface area (Å²) in [5, 5.41) is 16.1. The van der Waals surface area contributed by atoms with Crippen LogP contribution < -0.4 is 10.6 Å². The SMILES string of the molecule is Cc1cc([N+](=O)[O-])ccc1NC(=O)NCCN1C(=O)[C@@H]2[C@H](C1=O)[C@H]1C=C[C@H]2CC1. The summed E-state index contributed by atoms with van der Waals surface area (Å²) < 4.78 is 0. The van der Waals surface area contributed by atoms with Crippen molar-refractivity contribution in [1.29, 1.82) is 0 Å². The summed E-state index contributed by atoms with van der Waals surface area (Å²) >= 11 is 0. The largest absolute Gasteiger partial charge is 0.336 e. The molecule has 4 amide bonds. The number of carbonyl (C=O) groups excluding carboxylic acids is 3. The Hall–Kier alpha value is -3.23. The van der Waals surface area contributed by atoms with E-state index in [2.05, 4.69) is 22.8 Å². The first-order valence-corrected chi connectivity index (χ1v) is 9.70. The number of nitrogens with zero attached hydrogens (tertiary/aromatic N) is 2. The molecule has 29 heavy (non-hydrogen) atoms. The van der Waals surface area contributed by atoms with E-state index in [9.17, 15) is 24.5 Å². The van der Waals surface area contributed by atoms with Crippen LogP contribution in [0.2, 0.25) is 0 Å². The first kappa shape index (κ1) is 19.1. The number of amides is 4. The minimum Gasteiger partial charge on any atom is -0.336 e. The van der Waals surface area contributed by atoms with Crippen molar-refractivity contribution in [2.45, 2.75) is 19.8 Å². The third-order valence-corrected chi connectivity index (χ3v) is 6.14. The van der Waals surface area contributed by atoms with Crippen LogP contribution in [0.5, 0.6) is 0 Å². The summed E-state index contributed by atoms with van der Waals surface area (Å²) in [6.07, 6.45) is 6.04. The Balaban J connectivity index is 1.31. The average Bonchev–Trinajstić information content (AvgIpc) is 2.97. The van der Waals surface area contributed by atoms with Crippen molar-refractivity contribution in [1.82, 2.24) is 10.2 Å². The molecule has 1 aromatic carbocycles. The highest BCUT2D eigenvalue weighted by Gasteiger charge is 2.56. The molecule has 1 saturated heterocycles. The molecule has 5 rings (SSSR count). The standard InChI is InChI=1S/C20H22N4O5/c1-11-10-14(24(28)29)6-7-15(11)22-20(27)21-8-9-23-18(25)16-12-2-3-13(5-4-12)17(16)19(23)26/h2-3,6-7,10,12-13,16-17H,4-5,8-9H2,1H3,(H2,21,22,27)/t12-,13-,16-,17+/m0/s1. The van der Waals surface area contributed by atoms with Gasteiger partial charge in [-0.2, -0.15) is 0 Å². The van der Waals surface area contributed by atoms with E-state index in [1.807, 2.05) is 0 Å². The number of non-ortho nitro benzene ring substituents is 1. The number of benzene rings is 1. The summed E-state index contributed by atoms with van der Waals surface area (Å²) in [6, 6.07) is 3.66. The molecule has 0 aromatic heterocycles. The molecule has 4 atom stereocenters. The number of anilines is 1. The maximum Gasteiger partial charge on any atom is 0.319 e. The van der Waals surface area contributed by atoms with Crippen molar-refractivity contribution in [3.05, 3.63) is 46.0 Å². The Morgan fingerprint density at radius 3 is 2.31 bits per heavy atom. The van der Waals surface area contributed by atoms with E-state index < -0.39 is 11.0 Å². The molecule has 9 nitrogen and oxygen atoms in total. The number of hydrogen-bond acceptors (Lipinski definition) is 5. The van der Waals surface area contributed by atoms with Crippen LogP contribution in [-0.2, 0) is 9.59 Å². The smallest absolute Gasteiger partial charge is 0.319 e. The second-order valence-corrected chi connectivity index (χ2v) is 7.81. The first-order valence-electron chi connectivity index (χ1n) is 9.70. The predicted octanol–water partition coefficient (Wildman–Crippen LogP) is 2.22. The van der Waals surface area contributed by atoms with Gasteiger partial charge in [-0.15, -0.1) is 0 Å². The number of allylic oxidation sites excluding steroid dienone is 2. The molecule has 1 aliphatic heterocycles. The Bertz CT molecular complexity index is 895. The van der Waals surface area contributed by atoms with Gasteiger partial charge in [0.25, 0.3) is 5.69 Å². The van der Waals surface area contributed by atoms with Crippen LogP contribution in [0.1, 0.15) is 18.4 Å². The van der Waals surface area contributed by atoms with Gasteiger partial charge < -0.3 is 10.6 Å². The minimum absolute atomic E-state index is 0.0514. The second-order valence-electron chi connectivity index (χ2n) is 7.81. The van der Waals surface area contributed by atoms with Gasteiger partial charge in [0.1, 0.15) is 0 Å². The molecule has 0 spiro atoms. The number of imide groups is 1. The topological polar surface area (TPSA) is 122 Å². The lowest BCUT2D eigenvalue weighted by Crippen LogP contribution is -2.40. The van der Waals surface area contributed by atoms with Crippen LogP contribution in [-0.4, -0.2) is 40.8 Å². The molecule has 1 saturated carbocycles. The van der Waals surface area contributed by atoms with Gasteiger partial charge in [-0.3, -0.25) is 24.6 Å². The summed E-state index contributed by atoms with van der Waals surface area (Å²) in [4.78, 5) is 49.2. The Morgan fingerprint density at radius 1 is 1.17 bits per heavy atom. The van der Waals surface area contributed by atoms with Crippen LogP contribution in [0.25, 0.3) is 0 Å². The molecule has 3 aliphatic carbocycles. The van der Waals surface area contributed by atoms with Gasteiger partial charge >= 0.3 is 6.03 Å². The van der Waals surface area contributed by atoms with Crippen molar-refractivity contribution < 1.29 is 19.3 Å². The molecule has 0 radical (unpaired) electrons. The zero-order valence-electron chi connectivity index (χ0n) is 16.0. The van der Waals surface area contributed by atoms with Crippen LogP contribution >= 0.6 is 0 Å². The fourth-order valence-corrected chi connectivity index (χ4v) is 4.71. The molecule has 9 heteroatoms. The van der Waals surface area contributed by atoms with Crippen molar-refractivity contribution in [2.24, 2.45) is 23.7 Å². The molecule has 2 bridgehead atoms.